The third kappa shape index (κ3) is 5.10. The van der Waals surface area contributed by atoms with E-state index in [9.17, 15) is 4.39 Å². The minimum absolute atomic E-state index is 0. The Kier molecular flexibility index (Phi) is 7.45. The Labute approximate surface area is 129 Å². The molecule has 0 amide bonds. The fourth-order valence-electron chi connectivity index (χ4n) is 0.738. The summed E-state index contributed by atoms with van der Waals surface area (Å²) in [5.41, 5.74) is 0.630. The molecular weight excluding hydrogens is 228 g/mol. The zero-order valence-electron chi connectivity index (χ0n) is 6.53. The standard InChI is InChI=1S/C8H6FN3S.K.H/c9-6-1-3-7(4-2-6)12-8(13)11-5-10;;/h1-4H,(H2,11,12,13);;. The summed E-state index contributed by atoms with van der Waals surface area (Å²) in [5.74, 6) is -0.316. The van der Waals surface area contributed by atoms with Crippen molar-refractivity contribution in [2.24, 2.45) is 4.99 Å². The zero-order valence-corrected chi connectivity index (χ0v) is 7.42. The normalized spacial score (nSPS) is 9.93. The number of benzene rings is 1. The van der Waals surface area contributed by atoms with Gasteiger partial charge in [0.15, 0.2) is 5.17 Å². The van der Waals surface area contributed by atoms with Gasteiger partial charge in [-0.3, -0.25) is 0 Å². The van der Waals surface area contributed by atoms with Gasteiger partial charge in [-0.1, -0.05) is 0 Å². The number of aliphatic imine (C=N–C) groups is 1. The first kappa shape index (κ1) is 14.1. The first-order chi connectivity index (χ1) is 6.22. The van der Waals surface area contributed by atoms with E-state index in [4.69, 9.17) is 5.26 Å². The van der Waals surface area contributed by atoms with Gasteiger partial charge in [-0.2, -0.15) is 5.26 Å². The van der Waals surface area contributed by atoms with E-state index in [1.165, 1.54) is 24.3 Å². The van der Waals surface area contributed by atoms with Crippen LogP contribution in [0.5, 0.6) is 0 Å². The van der Waals surface area contributed by atoms with E-state index in [-0.39, 0.29) is 62.4 Å². The molecule has 68 valence electrons. The molecule has 14 heavy (non-hydrogen) atoms. The van der Waals surface area contributed by atoms with Crippen molar-refractivity contribution < 1.29 is 4.39 Å². The van der Waals surface area contributed by atoms with Crippen molar-refractivity contribution in [2.45, 2.75) is 0 Å². The number of rotatable bonds is 1. The van der Waals surface area contributed by atoms with E-state index in [0.29, 0.717) is 5.69 Å². The number of nitrogens with one attached hydrogen (secondary N) is 1. The number of nitriles is 1. The monoisotopic (exact) mass is 235 g/mol. The Balaban J connectivity index is 0.00000169. The molecule has 1 aromatic carbocycles. The molecule has 0 aliphatic heterocycles. The van der Waals surface area contributed by atoms with E-state index >= 15 is 0 Å². The van der Waals surface area contributed by atoms with Crippen molar-refractivity contribution in [1.82, 2.24) is 0 Å². The van der Waals surface area contributed by atoms with E-state index < -0.39 is 0 Å². The molecule has 1 rings (SSSR count). The number of hydrogen-bond donors (Lipinski definition) is 2. The Bertz CT molecular complexity index is 358. The van der Waals surface area contributed by atoms with Gasteiger partial charge in [-0.15, -0.1) is 17.6 Å². The van der Waals surface area contributed by atoms with Crippen LogP contribution >= 0.6 is 12.6 Å². The fraction of sp³-hybridized carbons (Fsp3) is 0. The summed E-state index contributed by atoms with van der Waals surface area (Å²) in [4.78, 5) is 3.32. The van der Waals surface area contributed by atoms with Crippen LogP contribution in [0.2, 0.25) is 0 Å². The molecule has 0 saturated carbocycles. The van der Waals surface area contributed by atoms with Crippen LogP contribution in [0.15, 0.2) is 29.3 Å². The van der Waals surface area contributed by atoms with Gasteiger partial charge in [0.1, 0.15) is 5.82 Å². The van der Waals surface area contributed by atoms with Crippen LogP contribution in [-0.2, 0) is 0 Å². The van der Waals surface area contributed by atoms with E-state index in [1.807, 2.05) is 0 Å². The van der Waals surface area contributed by atoms with Crippen molar-refractivity contribution >= 4 is 74.9 Å². The van der Waals surface area contributed by atoms with Gasteiger partial charge < -0.3 is 5.32 Å². The third-order valence-corrected chi connectivity index (χ3v) is 1.47. The second kappa shape index (κ2) is 7.40. The molecule has 0 aliphatic carbocycles. The van der Waals surface area contributed by atoms with Crippen molar-refractivity contribution in [2.75, 3.05) is 5.32 Å². The molecule has 0 radical (unpaired) electrons. The molecule has 0 saturated heterocycles. The number of amidine groups is 1. The van der Waals surface area contributed by atoms with Crippen LogP contribution in [0.4, 0.5) is 10.1 Å². The molecule has 0 aromatic heterocycles. The van der Waals surface area contributed by atoms with Crippen molar-refractivity contribution in [3.63, 3.8) is 0 Å². The third-order valence-electron chi connectivity index (χ3n) is 1.26. The van der Waals surface area contributed by atoms with Crippen LogP contribution in [0, 0.1) is 17.3 Å². The number of thiol groups is 1. The average molecular weight is 235 g/mol. The van der Waals surface area contributed by atoms with Gasteiger partial charge >= 0.3 is 51.4 Å². The Morgan fingerprint density at radius 3 is 2.50 bits per heavy atom. The Morgan fingerprint density at radius 2 is 2.00 bits per heavy atom. The van der Waals surface area contributed by atoms with Gasteiger partial charge in [-0.05, 0) is 24.3 Å². The second-order valence-corrected chi connectivity index (χ2v) is 2.59. The fourth-order valence-corrected chi connectivity index (χ4v) is 0.911. The van der Waals surface area contributed by atoms with Gasteiger partial charge in [0.25, 0.3) is 0 Å². The molecular formula is C8H7FKN3S. The number of nitrogens with zero attached hydrogens (tertiary/aromatic N) is 2. The SMILES string of the molecule is N#CN=C(S)Nc1ccc(F)cc1.[KH]. The Hall–Kier alpha value is 0.0964. The van der Waals surface area contributed by atoms with Gasteiger partial charge in [0, 0.05) is 5.69 Å². The number of halogens is 1. The number of hydrogen-bond acceptors (Lipinski definition) is 2. The average Bonchev–Trinajstić information content (AvgIpc) is 2.09. The number of anilines is 1. The minimum atomic E-state index is -0.316. The van der Waals surface area contributed by atoms with Crippen molar-refractivity contribution in [3.05, 3.63) is 30.1 Å². The molecule has 0 unspecified atom stereocenters. The summed E-state index contributed by atoms with van der Waals surface area (Å²) in [6.45, 7) is 0. The molecule has 0 fully saturated rings. The maximum absolute atomic E-state index is 12.4. The predicted molar refractivity (Wildman–Crippen MR) is 59.2 cm³/mol. The molecule has 0 bridgehead atoms. The van der Waals surface area contributed by atoms with E-state index in [2.05, 4.69) is 22.9 Å². The van der Waals surface area contributed by atoms with E-state index in [1.54, 1.807) is 6.19 Å². The first-order valence-electron chi connectivity index (χ1n) is 3.40. The summed E-state index contributed by atoms with van der Waals surface area (Å²) in [7, 11) is 0. The zero-order chi connectivity index (χ0) is 9.68. The van der Waals surface area contributed by atoms with Crippen LogP contribution in [-0.4, -0.2) is 56.6 Å². The second-order valence-electron chi connectivity index (χ2n) is 2.17. The van der Waals surface area contributed by atoms with Crippen molar-refractivity contribution in [1.29, 1.82) is 5.26 Å². The van der Waals surface area contributed by atoms with Crippen LogP contribution in [0.3, 0.4) is 0 Å². The molecule has 0 spiro atoms. The van der Waals surface area contributed by atoms with Gasteiger partial charge in [-0.25, -0.2) is 4.39 Å². The molecule has 3 nitrogen and oxygen atoms in total. The molecule has 0 atom stereocenters. The first-order valence-corrected chi connectivity index (χ1v) is 3.85. The summed E-state index contributed by atoms with van der Waals surface area (Å²) in [6, 6.07) is 5.66. The summed E-state index contributed by atoms with van der Waals surface area (Å²) < 4.78 is 12.4. The molecule has 6 heteroatoms. The van der Waals surface area contributed by atoms with Gasteiger partial charge in [0.05, 0.1) is 0 Å². The maximum atomic E-state index is 12.4. The van der Waals surface area contributed by atoms with Crippen LogP contribution in [0.1, 0.15) is 0 Å². The molecule has 1 aromatic rings. The summed E-state index contributed by atoms with van der Waals surface area (Å²) in [6.07, 6.45) is 1.57. The summed E-state index contributed by atoms with van der Waals surface area (Å²) >= 11 is 3.87. The van der Waals surface area contributed by atoms with Crippen LogP contribution < -0.4 is 5.32 Å². The predicted octanol–water partition coefficient (Wildman–Crippen LogP) is 1.36. The van der Waals surface area contributed by atoms with Crippen LogP contribution in [0.25, 0.3) is 0 Å². The van der Waals surface area contributed by atoms with Crippen molar-refractivity contribution in [3.8, 4) is 6.19 Å². The quantitative estimate of drug-likeness (QED) is 0.254. The molecule has 0 aliphatic rings. The summed E-state index contributed by atoms with van der Waals surface area (Å²) in [5, 5.41) is 11.0. The topological polar surface area (TPSA) is 48.2 Å². The molecule has 1 N–H and O–H groups in total. The van der Waals surface area contributed by atoms with Gasteiger partial charge in [0.2, 0.25) is 6.19 Å². The Morgan fingerprint density at radius 1 is 1.43 bits per heavy atom. The van der Waals surface area contributed by atoms with E-state index in [0.717, 1.165) is 0 Å². The molecule has 0 heterocycles.